The number of amides is 2. The van der Waals surface area contributed by atoms with E-state index in [4.69, 9.17) is 4.42 Å². The number of fused-ring (bicyclic) bond motifs is 1. The zero-order valence-electron chi connectivity index (χ0n) is 17.5. The van der Waals surface area contributed by atoms with E-state index in [1.54, 1.807) is 16.8 Å². The van der Waals surface area contributed by atoms with Gasteiger partial charge in [0.25, 0.3) is 0 Å². The predicted octanol–water partition coefficient (Wildman–Crippen LogP) is 2.96. The van der Waals surface area contributed by atoms with Gasteiger partial charge in [-0.05, 0) is 56.0 Å². The van der Waals surface area contributed by atoms with Crippen LogP contribution in [0.1, 0.15) is 31.2 Å². The van der Waals surface area contributed by atoms with Gasteiger partial charge in [-0.3, -0.25) is 14.2 Å². The monoisotopic (exact) mass is 422 g/mol. The minimum atomic E-state index is -0.399. The standard InChI is InChI=1S/C23H26N4O4/c1-16-8-11-24-20(15-16)25-22(29)17-9-13-26(14-10-17)21(28)7-4-12-27-18-5-2-3-6-19(18)31-23(27)30/h2-3,5-6,8,11,15,17H,4,7,9-10,12-14H2,1H3,(H,24,25,29). The molecule has 31 heavy (non-hydrogen) atoms. The Morgan fingerprint density at radius 2 is 1.97 bits per heavy atom. The van der Waals surface area contributed by atoms with Crippen molar-refractivity contribution >= 4 is 28.7 Å². The first kappa shape index (κ1) is 20.8. The number of benzene rings is 1. The van der Waals surface area contributed by atoms with Gasteiger partial charge in [0.2, 0.25) is 11.8 Å². The second kappa shape index (κ2) is 9.16. The molecule has 8 heteroatoms. The van der Waals surface area contributed by atoms with Gasteiger partial charge >= 0.3 is 5.76 Å². The van der Waals surface area contributed by atoms with Crippen LogP contribution < -0.4 is 11.1 Å². The molecule has 4 rings (SSSR count). The van der Waals surface area contributed by atoms with Gasteiger partial charge in [-0.15, -0.1) is 0 Å². The molecule has 1 aliphatic rings. The number of hydrogen-bond acceptors (Lipinski definition) is 5. The van der Waals surface area contributed by atoms with E-state index in [-0.39, 0.29) is 17.7 Å². The van der Waals surface area contributed by atoms with E-state index in [0.717, 1.165) is 11.1 Å². The summed E-state index contributed by atoms with van der Waals surface area (Å²) in [6.07, 6.45) is 3.86. The topological polar surface area (TPSA) is 97.4 Å². The van der Waals surface area contributed by atoms with E-state index < -0.39 is 5.76 Å². The van der Waals surface area contributed by atoms with Crippen molar-refractivity contribution < 1.29 is 14.0 Å². The second-order valence-corrected chi connectivity index (χ2v) is 7.95. The number of carbonyl (C=O) groups is 2. The SMILES string of the molecule is Cc1ccnc(NC(=O)C2CCN(C(=O)CCCn3c(=O)oc4ccccc43)CC2)c1. The van der Waals surface area contributed by atoms with Crippen LogP contribution in [0, 0.1) is 12.8 Å². The van der Waals surface area contributed by atoms with E-state index >= 15 is 0 Å². The highest BCUT2D eigenvalue weighted by Crippen LogP contribution is 2.20. The first-order chi connectivity index (χ1) is 15.0. The molecule has 3 aromatic rings. The zero-order valence-corrected chi connectivity index (χ0v) is 17.5. The first-order valence-electron chi connectivity index (χ1n) is 10.6. The van der Waals surface area contributed by atoms with Crippen LogP contribution in [0.5, 0.6) is 0 Å². The third kappa shape index (κ3) is 4.84. The summed E-state index contributed by atoms with van der Waals surface area (Å²) >= 11 is 0. The molecule has 2 amide bonds. The Balaban J connectivity index is 1.24. The molecule has 3 heterocycles. The number of piperidine rings is 1. The van der Waals surface area contributed by atoms with Crippen LogP contribution in [0.4, 0.5) is 5.82 Å². The van der Waals surface area contributed by atoms with Crippen LogP contribution in [-0.4, -0.2) is 39.4 Å². The third-order valence-corrected chi connectivity index (χ3v) is 5.73. The molecule has 0 spiro atoms. The number of aryl methyl sites for hydroxylation is 2. The number of nitrogens with one attached hydrogen (secondary N) is 1. The van der Waals surface area contributed by atoms with E-state index in [0.29, 0.717) is 56.7 Å². The Labute approximate surface area is 179 Å². The van der Waals surface area contributed by atoms with Crippen molar-refractivity contribution in [2.75, 3.05) is 18.4 Å². The maximum absolute atomic E-state index is 12.6. The molecule has 1 aliphatic heterocycles. The summed E-state index contributed by atoms with van der Waals surface area (Å²) in [4.78, 5) is 43.1. The number of pyridine rings is 1. The highest BCUT2D eigenvalue weighted by Gasteiger charge is 2.27. The summed E-state index contributed by atoms with van der Waals surface area (Å²) in [5.74, 6) is 0.0489. The van der Waals surface area contributed by atoms with Gasteiger partial charge in [-0.25, -0.2) is 9.78 Å². The minimum Gasteiger partial charge on any atom is -0.408 e. The molecule has 1 aromatic carbocycles. The third-order valence-electron chi connectivity index (χ3n) is 5.73. The molecule has 1 saturated heterocycles. The first-order valence-corrected chi connectivity index (χ1v) is 10.6. The maximum atomic E-state index is 12.6. The van der Waals surface area contributed by atoms with Gasteiger partial charge in [0.1, 0.15) is 5.82 Å². The average Bonchev–Trinajstić information content (AvgIpc) is 3.09. The van der Waals surface area contributed by atoms with E-state index in [2.05, 4.69) is 10.3 Å². The van der Waals surface area contributed by atoms with Gasteiger partial charge in [0.15, 0.2) is 5.58 Å². The fourth-order valence-corrected chi connectivity index (χ4v) is 4.00. The highest BCUT2D eigenvalue weighted by molar-refractivity contribution is 5.92. The molecule has 0 radical (unpaired) electrons. The summed E-state index contributed by atoms with van der Waals surface area (Å²) in [5.41, 5.74) is 2.34. The number of anilines is 1. The number of likely N-dealkylation sites (tertiary alicyclic amines) is 1. The Hall–Kier alpha value is -3.42. The molecule has 0 unspecified atom stereocenters. The van der Waals surface area contributed by atoms with Gasteiger partial charge in [0.05, 0.1) is 5.52 Å². The lowest BCUT2D eigenvalue weighted by Gasteiger charge is -2.31. The summed E-state index contributed by atoms with van der Waals surface area (Å²) in [6, 6.07) is 11.0. The second-order valence-electron chi connectivity index (χ2n) is 7.95. The van der Waals surface area contributed by atoms with Crippen LogP contribution in [0.3, 0.4) is 0 Å². The molecule has 162 valence electrons. The largest absolute Gasteiger partial charge is 0.419 e. The molecule has 0 aliphatic carbocycles. The van der Waals surface area contributed by atoms with Gasteiger partial charge in [0, 0.05) is 38.2 Å². The molecule has 0 bridgehead atoms. The fraction of sp³-hybridized carbons (Fsp3) is 0.391. The number of para-hydroxylation sites is 2. The summed E-state index contributed by atoms with van der Waals surface area (Å²) < 4.78 is 6.79. The Bertz CT molecular complexity index is 1140. The van der Waals surface area contributed by atoms with E-state index in [9.17, 15) is 14.4 Å². The number of hydrogen-bond donors (Lipinski definition) is 1. The molecule has 2 aromatic heterocycles. The van der Waals surface area contributed by atoms with Gasteiger partial charge in [-0.1, -0.05) is 12.1 Å². The number of nitrogens with zero attached hydrogens (tertiary/aromatic N) is 3. The zero-order chi connectivity index (χ0) is 21.8. The smallest absolute Gasteiger partial charge is 0.408 e. The van der Waals surface area contributed by atoms with E-state index in [1.807, 2.05) is 42.2 Å². The summed E-state index contributed by atoms with van der Waals surface area (Å²) in [5, 5.41) is 2.87. The molecule has 1 N–H and O–H groups in total. The lowest BCUT2D eigenvalue weighted by molar-refractivity contribution is -0.134. The lowest BCUT2D eigenvalue weighted by atomic mass is 9.95. The highest BCUT2D eigenvalue weighted by atomic mass is 16.4. The van der Waals surface area contributed by atoms with Crippen LogP contribution in [-0.2, 0) is 16.1 Å². The number of aromatic nitrogens is 2. The van der Waals surface area contributed by atoms with Crippen molar-refractivity contribution in [3.63, 3.8) is 0 Å². The van der Waals surface area contributed by atoms with Crippen LogP contribution in [0.25, 0.3) is 11.1 Å². The van der Waals surface area contributed by atoms with Gasteiger partial charge in [-0.2, -0.15) is 0 Å². The van der Waals surface area contributed by atoms with Crippen molar-refractivity contribution in [3.05, 3.63) is 58.7 Å². The predicted molar refractivity (Wildman–Crippen MR) is 117 cm³/mol. The van der Waals surface area contributed by atoms with Gasteiger partial charge < -0.3 is 14.6 Å². The van der Waals surface area contributed by atoms with E-state index in [1.165, 1.54) is 0 Å². The van der Waals surface area contributed by atoms with Crippen molar-refractivity contribution in [3.8, 4) is 0 Å². The lowest BCUT2D eigenvalue weighted by Crippen LogP contribution is -2.41. The van der Waals surface area contributed by atoms with Crippen molar-refractivity contribution in [2.45, 2.75) is 39.2 Å². The number of rotatable bonds is 6. The molecular weight excluding hydrogens is 396 g/mol. The van der Waals surface area contributed by atoms with Crippen LogP contribution >= 0.6 is 0 Å². The average molecular weight is 422 g/mol. The minimum absolute atomic E-state index is 0.0450. The Morgan fingerprint density at radius 1 is 1.19 bits per heavy atom. The van der Waals surface area contributed by atoms with Crippen molar-refractivity contribution in [1.29, 1.82) is 0 Å². The number of oxazole rings is 1. The van der Waals surface area contributed by atoms with Crippen molar-refractivity contribution in [2.24, 2.45) is 5.92 Å². The number of carbonyl (C=O) groups excluding carboxylic acids is 2. The summed E-state index contributed by atoms with van der Waals surface area (Å²) in [6.45, 7) is 3.51. The van der Waals surface area contributed by atoms with Crippen LogP contribution in [0.15, 0.2) is 51.8 Å². The molecule has 8 nitrogen and oxygen atoms in total. The van der Waals surface area contributed by atoms with Crippen molar-refractivity contribution in [1.82, 2.24) is 14.5 Å². The molecule has 1 fully saturated rings. The Morgan fingerprint density at radius 3 is 2.74 bits per heavy atom. The molecule has 0 atom stereocenters. The fourth-order valence-electron chi connectivity index (χ4n) is 4.00. The summed E-state index contributed by atoms with van der Waals surface area (Å²) in [7, 11) is 0. The van der Waals surface area contributed by atoms with Crippen LogP contribution in [0.2, 0.25) is 0 Å². The molecule has 0 saturated carbocycles. The Kier molecular flexibility index (Phi) is 6.16. The normalized spacial score (nSPS) is 14.7. The maximum Gasteiger partial charge on any atom is 0.419 e. The quantitative estimate of drug-likeness (QED) is 0.659. The molecular formula is C23H26N4O4.